The van der Waals surface area contributed by atoms with Crippen molar-refractivity contribution in [2.45, 2.75) is 0 Å². The first kappa shape index (κ1) is 18.4. The van der Waals surface area contributed by atoms with Crippen LogP contribution in [-0.2, 0) is 0 Å². The van der Waals surface area contributed by atoms with Crippen molar-refractivity contribution in [2.24, 2.45) is 0 Å². The maximum absolute atomic E-state index is 9.62. The summed E-state index contributed by atoms with van der Waals surface area (Å²) in [5, 5.41) is -0.888. The van der Waals surface area contributed by atoms with Crippen LogP contribution in [0.2, 0.25) is 0 Å². The Morgan fingerprint density at radius 2 is 0.982 bits per heavy atom. The van der Waals surface area contributed by atoms with E-state index in [1.165, 1.54) is 0 Å². The van der Waals surface area contributed by atoms with Crippen LogP contribution in [0.5, 0.6) is 0 Å². The largest absolute Gasteiger partial charge is 0.309 e. The zero-order valence-electron chi connectivity index (χ0n) is 47.7. The molecule has 0 aliphatic rings. The Morgan fingerprint density at radius 1 is 0.411 bits per heavy atom. The highest BCUT2D eigenvalue weighted by molar-refractivity contribution is 7.26. The van der Waals surface area contributed by atoms with Crippen LogP contribution in [0.25, 0.3) is 104 Å². The van der Waals surface area contributed by atoms with Crippen LogP contribution in [-0.4, -0.2) is 19.5 Å². The molecule has 0 fully saturated rings. The van der Waals surface area contributed by atoms with Crippen LogP contribution in [0.4, 0.5) is 0 Å². The third-order valence-electron chi connectivity index (χ3n) is 9.42. The maximum Gasteiger partial charge on any atom is 0.165 e. The van der Waals surface area contributed by atoms with E-state index in [-0.39, 0.29) is 48.2 Å². The standard InChI is InChI=1S/C51H32N4S/c1-3-15-33(16-4-1)34-29-31-35(32-30-34)37-19-7-8-21-40(37)49-52-50(54-51(53-49)43-25-13-23-39-38-20-10-12-28-46(38)56-48(39)43)42-24-14-27-45-47(42)41-22-9-11-26-44(41)55(45)36-17-5-2-6-18-36/h1-32H/i2D,5D,6D,9D,10D,11D,12D,13D,14D,17D,18D,20D,22D,23D,24D,25D,26D,27D,28D. The van der Waals surface area contributed by atoms with Crippen LogP contribution >= 0.6 is 11.3 Å². The van der Waals surface area contributed by atoms with Gasteiger partial charge in [0.15, 0.2) is 17.5 Å². The summed E-state index contributed by atoms with van der Waals surface area (Å²) >= 11 is 0.819. The molecule has 0 aliphatic heterocycles. The molecule has 3 heterocycles. The topological polar surface area (TPSA) is 43.6 Å². The highest BCUT2D eigenvalue weighted by atomic mass is 32.1. The molecule has 8 aromatic carbocycles. The molecule has 262 valence electrons. The zero-order valence-corrected chi connectivity index (χ0v) is 29.5. The van der Waals surface area contributed by atoms with Crippen LogP contribution in [0.15, 0.2) is 194 Å². The predicted molar refractivity (Wildman–Crippen MR) is 234 cm³/mol. The second kappa shape index (κ2) is 13.3. The van der Waals surface area contributed by atoms with Gasteiger partial charge in [-0.2, -0.15) is 0 Å². The monoisotopic (exact) mass is 751 g/mol. The van der Waals surface area contributed by atoms with E-state index >= 15 is 0 Å². The minimum absolute atomic E-state index is 0.0178. The average Bonchev–Trinajstić information content (AvgIpc) is 4.11. The molecular formula is C51H32N4S. The fourth-order valence-electron chi connectivity index (χ4n) is 6.93. The summed E-state index contributed by atoms with van der Waals surface area (Å²) in [4.78, 5) is 14.7. The number of para-hydroxylation sites is 2. The molecule has 0 aliphatic carbocycles. The molecule has 0 saturated heterocycles. The van der Waals surface area contributed by atoms with Gasteiger partial charge in [-0.25, -0.2) is 15.0 Å². The first-order chi connectivity index (χ1) is 35.7. The van der Waals surface area contributed by atoms with Crippen molar-refractivity contribution in [3.8, 4) is 62.1 Å². The van der Waals surface area contributed by atoms with E-state index < -0.39 is 143 Å². The molecular weight excluding hydrogens is 701 g/mol. The number of benzene rings is 8. The van der Waals surface area contributed by atoms with E-state index in [0.717, 1.165) is 27.0 Å². The first-order valence-corrected chi connectivity index (χ1v) is 18.0. The van der Waals surface area contributed by atoms with Crippen molar-refractivity contribution in [3.05, 3.63) is 194 Å². The molecule has 0 bridgehead atoms. The lowest BCUT2D eigenvalue weighted by Gasteiger charge is -2.13. The fourth-order valence-corrected chi connectivity index (χ4v) is 7.99. The summed E-state index contributed by atoms with van der Waals surface area (Å²) in [6, 6.07) is 11.1. The smallest absolute Gasteiger partial charge is 0.165 e. The molecule has 0 saturated carbocycles. The number of hydrogen-bond donors (Lipinski definition) is 0. The van der Waals surface area contributed by atoms with Crippen molar-refractivity contribution in [1.29, 1.82) is 0 Å². The predicted octanol–water partition coefficient (Wildman–Crippen LogP) is 13.7. The molecule has 4 nitrogen and oxygen atoms in total. The Hall–Kier alpha value is -7.21. The van der Waals surface area contributed by atoms with E-state index in [2.05, 4.69) is 0 Å². The summed E-state index contributed by atoms with van der Waals surface area (Å²) in [6.45, 7) is 0. The molecule has 0 atom stereocenters. The van der Waals surface area contributed by atoms with Gasteiger partial charge in [0.1, 0.15) is 0 Å². The molecule has 3 aromatic heterocycles. The minimum Gasteiger partial charge on any atom is -0.309 e. The number of nitrogens with zero attached hydrogens (tertiary/aromatic N) is 4. The second-order valence-electron chi connectivity index (χ2n) is 12.6. The molecule has 0 amide bonds. The van der Waals surface area contributed by atoms with Crippen LogP contribution in [0.1, 0.15) is 26.0 Å². The van der Waals surface area contributed by atoms with Gasteiger partial charge in [-0.3, -0.25) is 0 Å². The highest BCUT2D eigenvalue weighted by Gasteiger charge is 2.22. The quantitative estimate of drug-likeness (QED) is 0.170. The van der Waals surface area contributed by atoms with Gasteiger partial charge < -0.3 is 4.57 Å². The Kier molecular flexibility index (Phi) is 4.36. The van der Waals surface area contributed by atoms with E-state index in [4.69, 9.17) is 32.8 Å². The third kappa shape index (κ3) is 5.32. The molecule has 11 aromatic rings. The van der Waals surface area contributed by atoms with Crippen molar-refractivity contribution in [3.63, 3.8) is 0 Å². The van der Waals surface area contributed by atoms with Gasteiger partial charge in [-0.05, 0) is 58.5 Å². The van der Waals surface area contributed by atoms with Gasteiger partial charge in [0, 0.05) is 53.3 Å². The Morgan fingerprint density at radius 3 is 1.80 bits per heavy atom. The van der Waals surface area contributed by atoms with Gasteiger partial charge in [0.2, 0.25) is 0 Å². The van der Waals surface area contributed by atoms with E-state index in [1.54, 1.807) is 24.3 Å². The number of rotatable bonds is 6. The minimum atomic E-state index is -0.811. The fraction of sp³-hybridized carbons (Fsp3) is 0. The first-order valence-electron chi connectivity index (χ1n) is 26.7. The van der Waals surface area contributed by atoms with E-state index in [1.807, 2.05) is 54.6 Å². The van der Waals surface area contributed by atoms with E-state index in [0.29, 0.717) is 16.7 Å². The van der Waals surface area contributed by atoms with Gasteiger partial charge in [-0.1, -0.05) is 157 Å². The molecule has 5 heteroatoms. The van der Waals surface area contributed by atoms with Gasteiger partial charge in [0.25, 0.3) is 0 Å². The van der Waals surface area contributed by atoms with Gasteiger partial charge >= 0.3 is 0 Å². The van der Waals surface area contributed by atoms with Gasteiger partial charge in [-0.15, -0.1) is 11.3 Å². The molecule has 0 unspecified atom stereocenters. The van der Waals surface area contributed by atoms with Crippen LogP contribution in [0.3, 0.4) is 0 Å². The molecule has 0 radical (unpaired) electrons. The Labute approximate surface area is 354 Å². The number of hydrogen-bond acceptors (Lipinski definition) is 4. The summed E-state index contributed by atoms with van der Waals surface area (Å²) in [5.74, 6) is -0.984. The zero-order chi connectivity index (χ0) is 53.5. The van der Waals surface area contributed by atoms with Crippen molar-refractivity contribution >= 4 is 53.3 Å². The van der Waals surface area contributed by atoms with Crippen molar-refractivity contribution in [1.82, 2.24) is 19.5 Å². The maximum atomic E-state index is 9.62. The molecule has 0 spiro atoms. The molecule has 56 heavy (non-hydrogen) atoms. The lowest BCUT2D eigenvalue weighted by molar-refractivity contribution is 1.08. The summed E-state index contributed by atoms with van der Waals surface area (Å²) in [5.41, 5.74) is 1.29. The van der Waals surface area contributed by atoms with Crippen molar-refractivity contribution < 1.29 is 26.0 Å². The number of thiophene rings is 1. The lowest BCUT2D eigenvalue weighted by Crippen LogP contribution is -2.01. The normalized spacial score (nSPS) is 16.3. The van der Waals surface area contributed by atoms with Gasteiger partial charge in [0.05, 0.1) is 37.1 Å². The Bertz CT molecular complexity index is 4320. The van der Waals surface area contributed by atoms with E-state index in [9.17, 15) is 8.22 Å². The molecule has 0 N–H and O–H groups in total. The summed E-state index contributed by atoms with van der Waals surface area (Å²) in [6.07, 6.45) is 0. The van der Waals surface area contributed by atoms with Crippen molar-refractivity contribution in [2.75, 3.05) is 0 Å². The number of aromatic nitrogens is 4. The van der Waals surface area contributed by atoms with Crippen LogP contribution < -0.4 is 0 Å². The van der Waals surface area contributed by atoms with Crippen LogP contribution in [0, 0.1) is 0 Å². The average molecular weight is 752 g/mol. The lowest BCUT2D eigenvalue weighted by atomic mass is 9.96. The molecule has 11 rings (SSSR count). The number of fused-ring (bicyclic) bond motifs is 6. The third-order valence-corrected chi connectivity index (χ3v) is 10.5. The highest BCUT2D eigenvalue weighted by Crippen LogP contribution is 2.42. The second-order valence-corrected chi connectivity index (χ2v) is 13.6. The SMILES string of the molecule is [2H]c1c([2H])c([2H])c(-n2c3c([2H])c([2H])c([2H])c([2H])c3c3c(-c4nc(-c5ccccc5-c5ccc(-c6ccccc6)cc5)nc(-c5c([2H])c([2H])c([2H])c6c5sc5c([2H])c([2H])c([2H])c([2H])c56)n4)c([2H])c([2H])c([2H])c32)c([2H])c1[2H]. The summed E-state index contributed by atoms with van der Waals surface area (Å²) < 4.78 is 171. The summed E-state index contributed by atoms with van der Waals surface area (Å²) in [7, 11) is 0. The Balaban J connectivity index is 1.32.